The van der Waals surface area contributed by atoms with Gasteiger partial charge in [-0.15, -0.1) is 0 Å². The van der Waals surface area contributed by atoms with Gasteiger partial charge >= 0.3 is 0 Å². The van der Waals surface area contributed by atoms with Crippen molar-refractivity contribution in [1.82, 2.24) is 10.2 Å². The maximum atomic E-state index is 12.4. The van der Waals surface area contributed by atoms with Crippen LogP contribution in [0.5, 0.6) is 11.5 Å². The monoisotopic (exact) mass is 309 g/mol. The van der Waals surface area contributed by atoms with Crippen molar-refractivity contribution in [3.05, 3.63) is 30.0 Å². The normalized spacial score (nSPS) is 14.0. The summed E-state index contributed by atoms with van der Waals surface area (Å²) in [6.07, 6.45) is 2.27. The minimum Gasteiger partial charge on any atom is -0.486 e. The van der Waals surface area contributed by atoms with E-state index in [0.29, 0.717) is 37.0 Å². The Bertz CT molecular complexity index is 755. The molecule has 2 aromatic rings. The minimum absolute atomic E-state index is 0.114. The Kier molecular flexibility index (Phi) is 3.46. The lowest BCUT2D eigenvalue weighted by Gasteiger charge is -2.19. The van der Waals surface area contributed by atoms with Crippen LogP contribution in [-0.2, 0) is 16.4 Å². The van der Waals surface area contributed by atoms with E-state index in [0.717, 1.165) is 5.56 Å². The van der Waals surface area contributed by atoms with E-state index >= 15 is 0 Å². The minimum atomic E-state index is -3.71. The zero-order valence-corrected chi connectivity index (χ0v) is 12.2. The summed E-state index contributed by atoms with van der Waals surface area (Å²) in [7, 11) is -3.71. The molecule has 2 heterocycles. The highest BCUT2D eigenvalue weighted by molar-refractivity contribution is 7.92. The van der Waals surface area contributed by atoms with E-state index in [4.69, 9.17) is 9.47 Å². The smallest absolute Gasteiger partial charge is 0.263 e. The molecule has 0 atom stereocenters. The number of fused-ring (bicyclic) bond motifs is 1. The van der Waals surface area contributed by atoms with Crippen molar-refractivity contribution in [2.75, 3.05) is 17.9 Å². The Labute approximate surface area is 122 Å². The van der Waals surface area contributed by atoms with E-state index < -0.39 is 10.0 Å². The summed E-state index contributed by atoms with van der Waals surface area (Å²) in [6.45, 7) is 2.79. The lowest BCUT2D eigenvalue weighted by atomic mass is 10.3. The molecule has 0 saturated heterocycles. The fraction of sp³-hybridized carbons (Fsp3) is 0.308. The predicted molar refractivity (Wildman–Crippen MR) is 76.2 cm³/mol. The third-order valence-corrected chi connectivity index (χ3v) is 4.51. The number of nitrogens with one attached hydrogen (secondary N) is 2. The highest BCUT2D eigenvalue weighted by atomic mass is 32.2. The Hall–Kier alpha value is -2.22. The molecule has 2 N–H and O–H groups in total. The number of benzene rings is 1. The van der Waals surface area contributed by atoms with E-state index in [2.05, 4.69) is 14.9 Å². The summed E-state index contributed by atoms with van der Waals surface area (Å²) in [6, 6.07) is 4.54. The average Bonchev–Trinajstić information content (AvgIpc) is 2.93. The Morgan fingerprint density at radius 3 is 2.81 bits per heavy atom. The van der Waals surface area contributed by atoms with Crippen LogP contribution >= 0.6 is 0 Å². The molecular formula is C13H15N3O4S. The van der Waals surface area contributed by atoms with Crippen molar-refractivity contribution in [3.8, 4) is 11.5 Å². The zero-order chi connectivity index (χ0) is 14.9. The summed E-state index contributed by atoms with van der Waals surface area (Å²) in [5.41, 5.74) is 0.802. The van der Waals surface area contributed by atoms with Crippen LogP contribution in [0, 0.1) is 0 Å². The topological polar surface area (TPSA) is 93.3 Å². The van der Waals surface area contributed by atoms with Crippen molar-refractivity contribution >= 4 is 15.8 Å². The summed E-state index contributed by atoms with van der Waals surface area (Å²) in [5, 5.41) is 6.49. The van der Waals surface area contributed by atoms with Crippen molar-refractivity contribution in [3.63, 3.8) is 0 Å². The molecule has 0 radical (unpaired) electrons. The Morgan fingerprint density at radius 2 is 2.05 bits per heavy atom. The number of H-pyrrole nitrogens is 1. The molecule has 0 saturated carbocycles. The molecule has 1 aliphatic rings. The van der Waals surface area contributed by atoms with E-state index in [1.54, 1.807) is 12.3 Å². The molecule has 0 fully saturated rings. The maximum absolute atomic E-state index is 12.4. The van der Waals surface area contributed by atoms with Gasteiger partial charge in [0.1, 0.15) is 19.0 Å². The van der Waals surface area contributed by atoms with Gasteiger partial charge in [-0.1, -0.05) is 6.92 Å². The van der Waals surface area contributed by atoms with Gasteiger partial charge in [-0.25, -0.2) is 8.42 Å². The van der Waals surface area contributed by atoms with Crippen LogP contribution in [-0.4, -0.2) is 31.8 Å². The van der Waals surface area contributed by atoms with Gasteiger partial charge in [0.2, 0.25) is 0 Å². The molecule has 1 aromatic carbocycles. The Balaban J connectivity index is 1.91. The number of hydrogen-bond donors (Lipinski definition) is 2. The number of aryl methyl sites for hydroxylation is 1. The molecule has 0 amide bonds. The maximum Gasteiger partial charge on any atom is 0.263 e. The van der Waals surface area contributed by atoms with Gasteiger partial charge in [0.15, 0.2) is 11.5 Å². The molecule has 0 bridgehead atoms. The van der Waals surface area contributed by atoms with Gasteiger partial charge in [0, 0.05) is 11.6 Å². The van der Waals surface area contributed by atoms with E-state index in [9.17, 15) is 8.42 Å². The number of aromatic nitrogens is 2. The third kappa shape index (κ3) is 2.66. The molecule has 3 rings (SSSR count). The second kappa shape index (κ2) is 5.28. The first-order chi connectivity index (χ1) is 10.1. The SMILES string of the molecule is CCc1cn[nH]c1NS(=O)(=O)c1ccc2c(c1)OCCO2. The number of sulfonamides is 1. The van der Waals surface area contributed by atoms with Crippen molar-refractivity contribution < 1.29 is 17.9 Å². The lowest BCUT2D eigenvalue weighted by molar-refractivity contribution is 0.171. The first-order valence-corrected chi connectivity index (χ1v) is 8.03. The van der Waals surface area contributed by atoms with Crippen molar-refractivity contribution in [2.24, 2.45) is 0 Å². The highest BCUT2D eigenvalue weighted by Crippen LogP contribution is 2.32. The number of hydrogen-bond acceptors (Lipinski definition) is 5. The second-order valence-corrected chi connectivity index (χ2v) is 6.22. The van der Waals surface area contributed by atoms with Crippen LogP contribution in [0.3, 0.4) is 0 Å². The van der Waals surface area contributed by atoms with Gasteiger partial charge in [-0.3, -0.25) is 9.82 Å². The fourth-order valence-electron chi connectivity index (χ4n) is 2.05. The molecule has 1 aromatic heterocycles. The van der Waals surface area contributed by atoms with Gasteiger partial charge in [-0.05, 0) is 18.6 Å². The molecule has 8 heteroatoms. The van der Waals surface area contributed by atoms with Crippen molar-refractivity contribution in [2.45, 2.75) is 18.2 Å². The van der Waals surface area contributed by atoms with Crippen LogP contribution in [0.1, 0.15) is 12.5 Å². The number of rotatable bonds is 4. The van der Waals surface area contributed by atoms with Gasteiger partial charge in [0.05, 0.1) is 11.1 Å². The quantitative estimate of drug-likeness (QED) is 0.893. The van der Waals surface area contributed by atoms with Gasteiger partial charge in [-0.2, -0.15) is 5.10 Å². The molecule has 21 heavy (non-hydrogen) atoms. The largest absolute Gasteiger partial charge is 0.486 e. The highest BCUT2D eigenvalue weighted by Gasteiger charge is 2.20. The number of aromatic amines is 1. The van der Waals surface area contributed by atoms with E-state index in [1.165, 1.54) is 12.1 Å². The first-order valence-electron chi connectivity index (χ1n) is 6.55. The van der Waals surface area contributed by atoms with Gasteiger partial charge in [0.25, 0.3) is 10.0 Å². The summed E-state index contributed by atoms with van der Waals surface area (Å²) < 4.78 is 38.1. The number of nitrogens with zero attached hydrogens (tertiary/aromatic N) is 1. The molecule has 0 aliphatic carbocycles. The van der Waals surface area contributed by atoms with Crippen LogP contribution in [0.4, 0.5) is 5.82 Å². The number of ether oxygens (including phenoxy) is 2. The van der Waals surface area contributed by atoms with Crippen LogP contribution in [0.15, 0.2) is 29.3 Å². The average molecular weight is 309 g/mol. The molecule has 1 aliphatic heterocycles. The molecule has 7 nitrogen and oxygen atoms in total. The van der Waals surface area contributed by atoms with Gasteiger partial charge < -0.3 is 9.47 Å². The van der Waals surface area contributed by atoms with Crippen LogP contribution in [0.25, 0.3) is 0 Å². The zero-order valence-electron chi connectivity index (χ0n) is 11.4. The first kappa shape index (κ1) is 13.7. The predicted octanol–water partition coefficient (Wildman–Crippen LogP) is 1.54. The second-order valence-electron chi connectivity index (χ2n) is 4.53. The Morgan fingerprint density at radius 1 is 1.29 bits per heavy atom. The fourth-order valence-corrected chi connectivity index (χ4v) is 3.12. The van der Waals surface area contributed by atoms with E-state index in [-0.39, 0.29) is 4.90 Å². The molecule has 0 unspecified atom stereocenters. The van der Waals surface area contributed by atoms with Crippen molar-refractivity contribution in [1.29, 1.82) is 0 Å². The third-order valence-electron chi connectivity index (χ3n) is 3.16. The molecular weight excluding hydrogens is 294 g/mol. The lowest BCUT2D eigenvalue weighted by Crippen LogP contribution is -2.17. The standard InChI is InChI=1S/C13H15N3O4S/c1-2-9-8-14-15-13(9)16-21(17,18)10-3-4-11-12(7-10)20-6-5-19-11/h3-4,7-8H,2,5-6H2,1H3,(H2,14,15,16). The molecule has 0 spiro atoms. The van der Waals surface area contributed by atoms with Crippen LogP contribution in [0.2, 0.25) is 0 Å². The summed E-state index contributed by atoms with van der Waals surface area (Å²) in [4.78, 5) is 0.114. The number of anilines is 1. The van der Waals surface area contributed by atoms with Crippen LogP contribution < -0.4 is 14.2 Å². The van der Waals surface area contributed by atoms with E-state index in [1.807, 2.05) is 6.92 Å². The summed E-state index contributed by atoms with van der Waals surface area (Å²) in [5.74, 6) is 1.37. The summed E-state index contributed by atoms with van der Waals surface area (Å²) >= 11 is 0. The molecule has 112 valence electrons.